The number of likely N-dealkylation sites (tertiary alicyclic amines) is 1. The molecule has 8 nitrogen and oxygen atoms in total. The largest absolute Gasteiger partial charge is 0.471 e. The summed E-state index contributed by atoms with van der Waals surface area (Å²) in [5.74, 6) is 0.364. The molecule has 4 atom stereocenters. The molecule has 0 aliphatic carbocycles. The van der Waals surface area contributed by atoms with Crippen molar-refractivity contribution in [2.75, 3.05) is 20.3 Å². The number of hydrogen-bond donors (Lipinski definition) is 0. The van der Waals surface area contributed by atoms with Gasteiger partial charge in [0.2, 0.25) is 11.2 Å². The second-order valence-electron chi connectivity index (χ2n) is 7.68. The first-order valence-electron chi connectivity index (χ1n) is 9.49. The molecule has 27 heavy (non-hydrogen) atoms. The van der Waals surface area contributed by atoms with E-state index in [1.165, 1.54) is 0 Å². The van der Waals surface area contributed by atoms with Crippen LogP contribution < -0.4 is 10.4 Å². The van der Waals surface area contributed by atoms with E-state index in [0.717, 1.165) is 19.3 Å². The second-order valence-corrected chi connectivity index (χ2v) is 8.02. The Kier molecular flexibility index (Phi) is 4.90. The summed E-state index contributed by atoms with van der Waals surface area (Å²) >= 11 is 6.19. The number of halogens is 1. The van der Waals surface area contributed by atoms with Gasteiger partial charge in [-0.3, -0.25) is 14.0 Å². The maximum atomic E-state index is 12.9. The molecule has 148 valence electrons. The van der Waals surface area contributed by atoms with Crippen molar-refractivity contribution in [3.05, 3.63) is 15.8 Å². The molecule has 4 rings (SSSR count). The number of likely N-dealkylation sites (N-methyl/N-ethyl adjacent to an activating group) is 1. The minimum atomic E-state index is -0.152. The molecular formula is C18H26ClN5O3. The second kappa shape index (κ2) is 7.07. The monoisotopic (exact) mass is 395 g/mol. The van der Waals surface area contributed by atoms with Crippen LogP contribution in [-0.4, -0.2) is 62.5 Å². The summed E-state index contributed by atoms with van der Waals surface area (Å²) in [6.07, 6.45) is 2.91. The lowest BCUT2D eigenvalue weighted by Crippen LogP contribution is -2.40. The zero-order chi connectivity index (χ0) is 19.3. The van der Waals surface area contributed by atoms with E-state index in [4.69, 9.17) is 21.1 Å². The van der Waals surface area contributed by atoms with Crippen LogP contribution >= 0.6 is 11.6 Å². The Balaban J connectivity index is 1.75. The van der Waals surface area contributed by atoms with Crippen molar-refractivity contribution in [2.45, 2.75) is 57.3 Å². The Morgan fingerprint density at radius 2 is 2.04 bits per heavy atom. The molecule has 2 aliphatic heterocycles. The van der Waals surface area contributed by atoms with Crippen molar-refractivity contribution in [3.8, 4) is 5.88 Å². The van der Waals surface area contributed by atoms with Gasteiger partial charge in [0, 0.05) is 25.7 Å². The van der Waals surface area contributed by atoms with E-state index in [9.17, 15) is 4.79 Å². The molecule has 2 aromatic rings. The van der Waals surface area contributed by atoms with Gasteiger partial charge in [-0.05, 0) is 51.8 Å². The Morgan fingerprint density at radius 3 is 2.67 bits per heavy atom. The van der Waals surface area contributed by atoms with Gasteiger partial charge < -0.3 is 9.47 Å². The van der Waals surface area contributed by atoms with E-state index >= 15 is 0 Å². The SMILES string of the molecule is C[C@H](Oc1nc(Cl)nc2c1n(C)c(=O)n2[C@@H]1CCOC1)[C@@H]1CC[C@H](C)N1C. The molecule has 0 saturated carbocycles. The topological polar surface area (TPSA) is 74.4 Å². The van der Waals surface area contributed by atoms with Crippen LogP contribution in [0.15, 0.2) is 4.79 Å². The first-order valence-corrected chi connectivity index (χ1v) is 9.87. The molecule has 0 bridgehead atoms. The third-order valence-corrected chi connectivity index (χ3v) is 6.24. The van der Waals surface area contributed by atoms with Crippen LogP contribution in [0.2, 0.25) is 5.28 Å². The Morgan fingerprint density at radius 1 is 1.26 bits per heavy atom. The summed E-state index contributed by atoms with van der Waals surface area (Å²) in [6.45, 7) is 5.40. The normalized spacial score (nSPS) is 27.5. The van der Waals surface area contributed by atoms with E-state index < -0.39 is 0 Å². The average Bonchev–Trinajstić information content (AvgIpc) is 3.30. The molecule has 4 heterocycles. The van der Waals surface area contributed by atoms with Crippen molar-refractivity contribution in [2.24, 2.45) is 7.05 Å². The van der Waals surface area contributed by atoms with Crippen molar-refractivity contribution in [1.82, 2.24) is 24.0 Å². The smallest absolute Gasteiger partial charge is 0.330 e. The van der Waals surface area contributed by atoms with Crippen LogP contribution in [0, 0.1) is 0 Å². The first-order chi connectivity index (χ1) is 12.9. The van der Waals surface area contributed by atoms with Crippen molar-refractivity contribution < 1.29 is 9.47 Å². The molecule has 9 heteroatoms. The van der Waals surface area contributed by atoms with Crippen LogP contribution in [0.25, 0.3) is 11.2 Å². The minimum Gasteiger partial charge on any atom is -0.471 e. The number of nitrogens with zero attached hydrogens (tertiary/aromatic N) is 5. The van der Waals surface area contributed by atoms with Gasteiger partial charge in [-0.15, -0.1) is 0 Å². The Hall–Kier alpha value is -1.64. The number of imidazole rings is 1. The van der Waals surface area contributed by atoms with Crippen LogP contribution in [0.4, 0.5) is 0 Å². The molecule has 2 saturated heterocycles. The molecular weight excluding hydrogens is 370 g/mol. The van der Waals surface area contributed by atoms with E-state index in [1.807, 2.05) is 6.92 Å². The maximum Gasteiger partial charge on any atom is 0.330 e. The highest BCUT2D eigenvalue weighted by Crippen LogP contribution is 2.31. The molecule has 0 radical (unpaired) electrons. The van der Waals surface area contributed by atoms with Crippen molar-refractivity contribution >= 4 is 22.8 Å². The number of rotatable bonds is 4. The fourth-order valence-corrected chi connectivity index (χ4v) is 4.47. The summed E-state index contributed by atoms with van der Waals surface area (Å²) in [5.41, 5.74) is 0.936. The maximum absolute atomic E-state index is 12.9. The number of aryl methyl sites for hydroxylation is 1. The molecule has 0 N–H and O–H groups in total. The highest BCUT2D eigenvalue weighted by Gasteiger charge is 2.34. The van der Waals surface area contributed by atoms with Gasteiger partial charge in [-0.2, -0.15) is 9.97 Å². The van der Waals surface area contributed by atoms with Gasteiger partial charge in [0.15, 0.2) is 11.2 Å². The number of hydrogen-bond acceptors (Lipinski definition) is 6. The average molecular weight is 396 g/mol. The predicted molar refractivity (Wildman–Crippen MR) is 103 cm³/mol. The van der Waals surface area contributed by atoms with Crippen LogP contribution in [-0.2, 0) is 11.8 Å². The summed E-state index contributed by atoms with van der Waals surface area (Å²) in [4.78, 5) is 23.9. The van der Waals surface area contributed by atoms with Gasteiger partial charge >= 0.3 is 5.69 Å². The van der Waals surface area contributed by atoms with E-state index in [2.05, 4.69) is 28.8 Å². The number of fused-ring (bicyclic) bond motifs is 1. The first kappa shape index (κ1) is 18.7. The fourth-order valence-electron chi connectivity index (χ4n) is 4.31. The molecule has 2 fully saturated rings. The lowest BCUT2D eigenvalue weighted by atomic mass is 10.1. The lowest BCUT2D eigenvalue weighted by Gasteiger charge is -2.28. The van der Waals surface area contributed by atoms with E-state index in [1.54, 1.807) is 16.2 Å². The van der Waals surface area contributed by atoms with Gasteiger partial charge in [0.25, 0.3) is 0 Å². The summed E-state index contributed by atoms with van der Waals surface area (Å²) in [5, 5.41) is 0.0797. The third-order valence-electron chi connectivity index (χ3n) is 6.07. The molecule has 0 spiro atoms. The number of ether oxygens (including phenoxy) is 2. The van der Waals surface area contributed by atoms with Gasteiger partial charge in [0.05, 0.1) is 12.6 Å². The van der Waals surface area contributed by atoms with Crippen LogP contribution in [0.5, 0.6) is 5.88 Å². The zero-order valence-electron chi connectivity index (χ0n) is 16.2. The van der Waals surface area contributed by atoms with E-state index in [0.29, 0.717) is 42.3 Å². The summed E-state index contributed by atoms with van der Waals surface area (Å²) < 4.78 is 14.9. The molecule has 0 aromatic carbocycles. The highest BCUT2D eigenvalue weighted by molar-refractivity contribution is 6.28. The minimum absolute atomic E-state index is 0.0424. The number of aromatic nitrogens is 4. The zero-order valence-corrected chi connectivity index (χ0v) is 16.9. The van der Waals surface area contributed by atoms with Crippen molar-refractivity contribution in [3.63, 3.8) is 0 Å². The summed E-state index contributed by atoms with van der Waals surface area (Å²) in [7, 11) is 3.84. The standard InChI is InChI=1S/C18H26ClN5O3/c1-10-5-6-13(22(10)3)11(2)27-16-14-15(20-17(19)21-16)24(18(25)23(14)4)12-7-8-26-9-12/h10-13H,5-9H2,1-4H3/t10-,11-,12+,13-/m0/s1. The lowest BCUT2D eigenvalue weighted by molar-refractivity contribution is 0.104. The van der Waals surface area contributed by atoms with Gasteiger partial charge in [0.1, 0.15) is 6.10 Å². The molecule has 0 amide bonds. The van der Waals surface area contributed by atoms with Gasteiger partial charge in [-0.25, -0.2) is 4.79 Å². The summed E-state index contributed by atoms with van der Waals surface area (Å²) in [6, 6.07) is 0.785. The predicted octanol–water partition coefficient (Wildman–Crippen LogP) is 1.99. The quantitative estimate of drug-likeness (QED) is 0.737. The fraction of sp³-hybridized carbons (Fsp3) is 0.722. The van der Waals surface area contributed by atoms with Crippen LogP contribution in [0.3, 0.4) is 0 Å². The third kappa shape index (κ3) is 3.13. The highest BCUT2D eigenvalue weighted by atomic mass is 35.5. The van der Waals surface area contributed by atoms with Crippen molar-refractivity contribution in [1.29, 1.82) is 0 Å². The molecule has 2 aliphatic rings. The Bertz CT molecular complexity index is 905. The van der Waals surface area contributed by atoms with E-state index in [-0.39, 0.29) is 23.1 Å². The van der Waals surface area contributed by atoms with Crippen LogP contribution in [0.1, 0.15) is 39.2 Å². The molecule has 2 aromatic heterocycles. The Labute approximate surface area is 163 Å². The molecule has 0 unspecified atom stereocenters. The van der Waals surface area contributed by atoms with Gasteiger partial charge in [-0.1, -0.05) is 0 Å².